The fourth-order valence-electron chi connectivity index (χ4n) is 7.70. The molecule has 3 fully saturated rings. The molecule has 0 aromatic rings. The van der Waals surface area contributed by atoms with Gasteiger partial charge in [0.1, 0.15) is 73.2 Å². The number of ether oxygens (including phenoxy) is 6. The summed E-state index contributed by atoms with van der Waals surface area (Å²) in [5.74, 6) is -0.426. The van der Waals surface area contributed by atoms with E-state index in [-0.39, 0.29) is 6.42 Å². The number of aliphatic hydroxyl groups excluding tert-OH is 11. The van der Waals surface area contributed by atoms with Crippen LogP contribution in [0, 0.1) is 0 Å². The number of hydrogen-bond acceptors (Lipinski definition) is 18. The van der Waals surface area contributed by atoms with E-state index in [9.17, 15) is 61.0 Å². The van der Waals surface area contributed by atoms with Crippen molar-refractivity contribution >= 4 is 5.91 Å². The predicted molar refractivity (Wildman–Crippen MR) is 263 cm³/mol. The molecule has 404 valence electrons. The quantitative estimate of drug-likeness (QED) is 0.0335. The van der Waals surface area contributed by atoms with Crippen LogP contribution in [0.25, 0.3) is 0 Å². The van der Waals surface area contributed by atoms with Gasteiger partial charge < -0.3 is 89.9 Å². The molecule has 0 aliphatic carbocycles. The third-order valence-electron chi connectivity index (χ3n) is 11.9. The second-order valence-electron chi connectivity index (χ2n) is 17.5. The van der Waals surface area contributed by atoms with E-state index in [0.29, 0.717) is 12.8 Å². The molecule has 19 heteroatoms. The number of hydrogen-bond donors (Lipinski definition) is 12. The molecule has 0 radical (unpaired) electrons. The Balaban J connectivity index is 1.61. The second kappa shape index (κ2) is 35.8. The van der Waals surface area contributed by atoms with Gasteiger partial charge in [0.05, 0.1) is 38.6 Å². The number of rotatable bonds is 32. The van der Waals surface area contributed by atoms with Gasteiger partial charge in [-0.25, -0.2) is 0 Å². The summed E-state index contributed by atoms with van der Waals surface area (Å²) in [5, 5.41) is 119. The van der Waals surface area contributed by atoms with Gasteiger partial charge in [-0.2, -0.15) is 0 Å². The van der Waals surface area contributed by atoms with E-state index in [2.05, 4.69) is 79.9 Å². The molecule has 17 atom stereocenters. The first-order chi connectivity index (χ1) is 34.3. The molecule has 12 N–H and O–H groups in total. The van der Waals surface area contributed by atoms with E-state index in [1.807, 2.05) is 18.2 Å². The van der Waals surface area contributed by atoms with E-state index in [4.69, 9.17) is 28.4 Å². The van der Waals surface area contributed by atoms with Crippen LogP contribution in [0.15, 0.2) is 97.2 Å². The summed E-state index contributed by atoms with van der Waals surface area (Å²) in [6.45, 7) is 1.35. The Morgan fingerprint density at radius 3 is 1.42 bits per heavy atom. The molecule has 1 amide bonds. The summed E-state index contributed by atoms with van der Waals surface area (Å²) < 4.78 is 34.0. The van der Waals surface area contributed by atoms with Gasteiger partial charge in [-0.3, -0.25) is 4.79 Å². The normalized spacial score (nSPS) is 33.1. The molecule has 3 aliphatic rings. The lowest BCUT2D eigenvalue weighted by atomic mass is 9.96. The molecule has 3 rings (SSSR count). The Morgan fingerprint density at radius 1 is 0.507 bits per heavy atom. The van der Waals surface area contributed by atoms with E-state index in [1.54, 1.807) is 12.2 Å². The number of aliphatic hydroxyl groups is 11. The molecule has 0 aromatic carbocycles. The Bertz CT molecular complexity index is 1680. The topological polar surface area (TPSA) is 307 Å². The average Bonchev–Trinajstić information content (AvgIpc) is 3.36. The van der Waals surface area contributed by atoms with Gasteiger partial charge >= 0.3 is 0 Å². The monoisotopic (exact) mass is 1010 g/mol. The molecule has 71 heavy (non-hydrogen) atoms. The van der Waals surface area contributed by atoms with E-state index >= 15 is 0 Å². The summed E-state index contributed by atoms with van der Waals surface area (Å²) in [4.78, 5) is 13.1. The number of carbonyl (C=O) groups is 1. The third kappa shape index (κ3) is 21.6. The third-order valence-corrected chi connectivity index (χ3v) is 11.9. The molecule has 0 aromatic heterocycles. The standard InChI is InChI=1S/C52H83NO18/c1-3-5-7-9-11-13-15-16-17-18-20-22-24-26-28-30-40(58)53-35(36(57)29-27-25-23-21-19-14-12-10-8-6-4-2)34-66-50-46(64)43(61)48(38(32-55)68-50)71-52-47(65)44(62)49(39(33-56)69-52)70-51-45(63)42(60)41(59)37(31-54)67-51/h5,7-8,10-11,13,16-17,19-22,26-29,35-39,41-52,54-57,59-65H,3-4,6,9,12,14-15,18,23-25,30-34H2,1-2H3,(H,53,58)/b7-5-,10-8+,13-11-,17-16-,21-19+,22-20-,28-26-,29-27+. The van der Waals surface area contributed by atoms with Gasteiger partial charge in [-0.05, 0) is 64.2 Å². The lowest BCUT2D eigenvalue weighted by Crippen LogP contribution is -2.66. The Hall–Kier alpha value is -3.29. The fraction of sp³-hybridized carbons (Fsp3) is 0.673. The molecule has 19 nitrogen and oxygen atoms in total. The molecule has 0 saturated carbocycles. The van der Waals surface area contributed by atoms with Crippen molar-refractivity contribution in [3.8, 4) is 0 Å². The molecule has 3 aliphatic heterocycles. The van der Waals surface area contributed by atoms with Gasteiger partial charge in [0.25, 0.3) is 0 Å². The zero-order valence-electron chi connectivity index (χ0n) is 41.1. The first-order valence-electron chi connectivity index (χ1n) is 25.0. The SMILES string of the molecule is CC/C=C\C/C=C\C/C=C\C/C=C\C/C=C\CC(=O)NC(COC1OC(CO)C(OC2OC(CO)C(OC3OC(CO)C(O)C(O)C3O)C(O)C2O)C(O)C1O)C(O)/C=C/CC/C=C/CC/C=C/CCC. The van der Waals surface area contributed by atoms with Crippen molar-refractivity contribution in [1.29, 1.82) is 0 Å². The molecule has 3 saturated heterocycles. The van der Waals surface area contributed by atoms with Crippen LogP contribution in [0.2, 0.25) is 0 Å². The highest BCUT2D eigenvalue weighted by Gasteiger charge is 2.53. The van der Waals surface area contributed by atoms with E-state index < -0.39 is 137 Å². The summed E-state index contributed by atoms with van der Waals surface area (Å²) in [6.07, 6.45) is 14.6. The van der Waals surface area contributed by atoms with Crippen molar-refractivity contribution in [1.82, 2.24) is 5.32 Å². The van der Waals surface area contributed by atoms with Gasteiger partial charge in [0, 0.05) is 6.42 Å². The van der Waals surface area contributed by atoms with Crippen LogP contribution in [0.3, 0.4) is 0 Å². The van der Waals surface area contributed by atoms with Crippen molar-refractivity contribution in [3.05, 3.63) is 97.2 Å². The lowest BCUT2D eigenvalue weighted by molar-refractivity contribution is -0.379. The van der Waals surface area contributed by atoms with Crippen LogP contribution in [-0.2, 0) is 33.2 Å². The molecule has 0 bridgehead atoms. The van der Waals surface area contributed by atoms with Crippen molar-refractivity contribution in [2.24, 2.45) is 0 Å². The number of amides is 1. The summed E-state index contributed by atoms with van der Waals surface area (Å²) >= 11 is 0. The maximum absolute atomic E-state index is 13.1. The minimum atomic E-state index is -1.99. The number of nitrogens with one attached hydrogen (secondary N) is 1. The minimum absolute atomic E-state index is 0.00664. The minimum Gasteiger partial charge on any atom is -0.394 e. The number of carbonyl (C=O) groups excluding carboxylic acids is 1. The van der Waals surface area contributed by atoms with Crippen LogP contribution in [0.5, 0.6) is 0 Å². The first-order valence-corrected chi connectivity index (χ1v) is 25.0. The Labute approximate surface area is 418 Å². The molecule has 0 spiro atoms. The maximum atomic E-state index is 13.1. The molecule has 3 heterocycles. The first kappa shape index (κ1) is 62.0. The zero-order valence-corrected chi connectivity index (χ0v) is 41.1. The van der Waals surface area contributed by atoms with Crippen molar-refractivity contribution in [2.45, 2.75) is 195 Å². The number of unbranched alkanes of at least 4 members (excludes halogenated alkanes) is 3. The smallest absolute Gasteiger partial charge is 0.224 e. The van der Waals surface area contributed by atoms with Crippen LogP contribution in [-0.4, -0.2) is 193 Å². The lowest BCUT2D eigenvalue weighted by Gasteiger charge is -2.48. The second-order valence-corrected chi connectivity index (χ2v) is 17.5. The molecule has 17 unspecified atom stereocenters. The van der Waals surface area contributed by atoms with Gasteiger partial charge in [-0.1, -0.05) is 117 Å². The average molecular weight is 1010 g/mol. The fourth-order valence-corrected chi connectivity index (χ4v) is 7.70. The summed E-state index contributed by atoms with van der Waals surface area (Å²) in [6, 6.07) is -1.05. The van der Waals surface area contributed by atoms with Crippen molar-refractivity contribution < 1.29 is 89.4 Å². The highest BCUT2D eigenvalue weighted by Crippen LogP contribution is 2.33. The van der Waals surface area contributed by atoms with Crippen LogP contribution in [0.4, 0.5) is 0 Å². The van der Waals surface area contributed by atoms with Crippen LogP contribution >= 0.6 is 0 Å². The van der Waals surface area contributed by atoms with Crippen molar-refractivity contribution in [2.75, 3.05) is 26.4 Å². The molecular weight excluding hydrogens is 927 g/mol. The van der Waals surface area contributed by atoms with Crippen LogP contribution < -0.4 is 5.32 Å². The van der Waals surface area contributed by atoms with E-state index in [1.165, 1.54) is 6.08 Å². The summed E-state index contributed by atoms with van der Waals surface area (Å²) in [5.41, 5.74) is 0. The molecular formula is C52H83NO18. The highest BCUT2D eigenvalue weighted by molar-refractivity contribution is 5.77. The van der Waals surface area contributed by atoms with Gasteiger partial charge in [0.15, 0.2) is 18.9 Å². The predicted octanol–water partition coefficient (Wildman–Crippen LogP) is 1.47. The largest absolute Gasteiger partial charge is 0.394 e. The summed E-state index contributed by atoms with van der Waals surface area (Å²) in [7, 11) is 0. The van der Waals surface area contributed by atoms with Gasteiger partial charge in [0.2, 0.25) is 5.91 Å². The van der Waals surface area contributed by atoms with Crippen LogP contribution in [0.1, 0.15) is 90.9 Å². The highest BCUT2D eigenvalue weighted by atomic mass is 16.8. The van der Waals surface area contributed by atoms with E-state index in [0.717, 1.165) is 57.8 Å². The Morgan fingerprint density at radius 2 is 0.930 bits per heavy atom. The van der Waals surface area contributed by atoms with Gasteiger partial charge in [-0.15, -0.1) is 0 Å². The van der Waals surface area contributed by atoms with Crippen molar-refractivity contribution in [3.63, 3.8) is 0 Å². The Kier molecular flexibility index (Phi) is 31.3. The zero-order chi connectivity index (χ0) is 52.0. The number of allylic oxidation sites excluding steroid dienone is 14. The maximum Gasteiger partial charge on any atom is 0.224 e.